The van der Waals surface area contributed by atoms with Crippen molar-refractivity contribution in [3.05, 3.63) is 33.3 Å². The number of carbonyl (C=O) groups excluding carboxylic acids is 2. The minimum atomic E-state index is -1.78. The number of aliphatic hydroxyl groups is 7. The monoisotopic (exact) mass is 571 g/mol. The summed E-state index contributed by atoms with van der Waals surface area (Å²) < 4.78 is 5.54. The van der Waals surface area contributed by atoms with E-state index in [0.29, 0.717) is 16.3 Å². The van der Waals surface area contributed by atoms with Crippen LogP contribution in [0.2, 0.25) is 0 Å². The molecule has 0 saturated heterocycles. The smallest absolute Gasteiger partial charge is 0.309 e. The van der Waals surface area contributed by atoms with E-state index < -0.39 is 78.2 Å². The van der Waals surface area contributed by atoms with Crippen LogP contribution in [0.15, 0.2) is 22.6 Å². The van der Waals surface area contributed by atoms with Gasteiger partial charge in [0.05, 0.1) is 42.4 Å². The number of esters is 1. The SMILES string of the molecule is C/C1=C/C(O)[C@@H](/C(C)=C/c2csc(CO)n2)OC(=O)C[C@H](O)C(C)(C)C(=O)[C@H](C)[C@@H](O)[C@@H](C)C(O)C(O)C1O. The molecule has 4 unspecified atom stereocenters. The summed E-state index contributed by atoms with van der Waals surface area (Å²) >= 11 is 1.21. The van der Waals surface area contributed by atoms with Gasteiger partial charge < -0.3 is 40.5 Å². The third-order valence-electron chi connectivity index (χ3n) is 7.50. The highest BCUT2D eigenvalue weighted by Gasteiger charge is 2.44. The molecule has 1 aromatic rings. The van der Waals surface area contributed by atoms with Crippen LogP contribution < -0.4 is 0 Å². The van der Waals surface area contributed by atoms with Gasteiger partial charge in [0.25, 0.3) is 0 Å². The summed E-state index contributed by atoms with van der Waals surface area (Å²) in [6.07, 6.45) is -8.73. The molecule has 2 heterocycles. The molecule has 0 radical (unpaired) electrons. The van der Waals surface area contributed by atoms with E-state index in [1.807, 2.05) is 0 Å². The Morgan fingerprint density at radius 1 is 1.10 bits per heavy atom. The van der Waals surface area contributed by atoms with Crippen molar-refractivity contribution in [2.75, 3.05) is 0 Å². The van der Waals surface area contributed by atoms with Crippen molar-refractivity contribution in [3.8, 4) is 0 Å². The van der Waals surface area contributed by atoms with E-state index in [2.05, 4.69) is 4.98 Å². The number of ether oxygens (including phenoxy) is 1. The Kier molecular flexibility index (Phi) is 11.5. The third kappa shape index (κ3) is 7.80. The standard InChI is InChI=1S/C27H41NO10S/c1-12-8-17(30)25(13(2)7-16-11-39-19(10-29)28-16)38-20(32)9-18(31)27(5,6)26(37)15(4)22(34)14(3)23(35)24(36)21(12)33/h7-8,11,14-15,17-18,21-25,29-31,33-36H,9-10H2,1-6H3/b12-8-,13-7+/t14-,15-,17?,18+,21?,22+,23?,24?,25-/m1/s1. The van der Waals surface area contributed by atoms with Crippen LogP contribution >= 0.6 is 11.3 Å². The van der Waals surface area contributed by atoms with Crippen molar-refractivity contribution in [2.45, 2.75) is 97.3 Å². The first kappa shape index (κ1) is 33.2. The van der Waals surface area contributed by atoms with E-state index >= 15 is 0 Å². The van der Waals surface area contributed by atoms with Gasteiger partial charge in [-0.3, -0.25) is 9.59 Å². The van der Waals surface area contributed by atoms with Crippen LogP contribution in [-0.2, 0) is 20.9 Å². The highest BCUT2D eigenvalue weighted by molar-refractivity contribution is 7.09. The Labute approximate surface area is 232 Å². The molecule has 0 spiro atoms. The molecular weight excluding hydrogens is 530 g/mol. The Morgan fingerprint density at radius 3 is 2.28 bits per heavy atom. The molecule has 0 aliphatic carbocycles. The number of nitrogens with zero attached hydrogens (tertiary/aromatic N) is 1. The molecule has 0 amide bonds. The van der Waals surface area contributed by atoms with E-state index in [9.17, 15) is 45.3 Å². The number of ketones is 1. The van der Waals surface area contributed by atoms with Crippen LogP contribution in [0.3, 0.4) is 0 Å². The van der Waals surface area contributed by atoms with Crippen LogP contribution in [0.5, 0.6) is 0 Å². The molecule has 12 heteroatoms. The lowest BCUT2D eigenvalue weighted by atomic mass is 9.72. The van der Waals surface area contributed by atoms with Gasteiger partial charge in [-0.1, -0.05) is 33.8 Å². The van der Waals surface area contributed by atoms with Gasteiger partial charge in [0.1, 0.15) is 29.1 Å². The molecule has 1 aliphatic rings. The first-order valence-electron chi connectivity index (χ1n) is 12.8. The maximum Gasteiger partial charge on any atom is 0.309 e. The van der Waals surface area contributed by atoms with E-state index in [4.69, 9.17) is 4.74 Å². The number of carbonyl (C=O) groups is 2. The van der Waals surface area contributed by atoms with E-state index in [1.165, 1.54) is 52.0 Å². The molecular formula is C27H41NO10S. The molecule has 0 saturated carbocycles. The van der Waals surface area contributed by atoms with Crippen molar-refractivity contribution in [3.63, 3.8) is 0 Å². The van der Waals surface area contributed by atoms with Gasteiger partial charge in [-0.15, -0.1) is 11.3 Å². The first-order valence-corrected chi connectivity index (χ1v) is 13.6. The number of thiazole rings is 1. The topological polar surface area (TPSA) is 198 Å². The number of hydrogen-bond donors (Lipinski definition) is 7. The second-order valence-corrected chi connectivity index (χ2v) is 11.8. The van der Waals surface area contributed by atoms with Gasteiger partial charge in [0, 0.05) is 17.2 Å². The molecule has 7 N–H and O–H groups in total. The lowest BCUT2D eigenvalue weighted by Gasteiger charge is -2.37. The van der Waals surface area contributed by atoms with Crippen LogP contribution in [0.4, 0.5) is 0 Å². The number of Topliss-reactive ketones (excluding diaryl/α,β-unsaturated/α-hetero) is 1. The third-order valence-corrected chi connectivity index (χ3v) is 8.35. The second-order valence-electron chi connectivity index (χ2n) is 10.9. The van der Waals surface area contributed by atoms with Gasteiger partial charge in [0.15, 0.2) is 6.10 Å². The fourth-order valence-corrected chi connectivity index (χ4v) is 5.21. The zero-order valence-corrected chi connectivity index (χ0v) is 23.9. The molecule has 0 fully saturated rings. The fourth-order valence-electron chi connectivity index (χ4n) is 4.60. The molecule has 39 heavy (non-hydrogen) atoms. The minimum absolute atomic E-state index is 0.0539. The molecule has 220 valence electrons. The maximum absolute atomic E-state index is 13.2. The number of aromatic nitrogens is 1. The number of hydrogen-bond acceptors (Lipinski definition) is 12. The van der Waals surface area contributed by atoms with Crippen LogP contribution in [-0.4, -0.2) is 95.2 Å². The van der Waals surface area contributed by atoms with E-state index in [1.54, 1.807) is 18.4 Å². The summed E-state index contributed by atoms with van der Waals surface area (Å²) in [5.74, 6) is -3.64. The lowest BCUT2D eigenvalue weighted by molar-refractivity contribution is -0.158. The van der Waals surface area contributed by atoms with Crippen LogP contribution in [0.1, 0.15) is 58.7 Å². The molecule has 1 aliphatic heterocycles. The quantitative estimate of drug-likeness (QED) is 0.195. The zero-order valence-electron chi connectivity index (χ0n) is 23.1. The summed E-state index contributed by atoms with van der Waals surface area (Å²) in [6.45, 7) is 8.39. The Morgan fingerprint density at radius 2 is 1.72 bits per heavy atom. The van der Waals surface area contributed by atoms with Crippen molar-refractivity contribution >= 4 is 29.2 Å². The fraction of sp³-hybridized carbons (Fsp3) is 0.667. The average Bonchev–Trinajstić information content (AvgIpc) is 3.35. The number of rotatable bonds is 3. The zero-order chi connectivity index (χ0) is 29.8. The summed E-state index contributed by atoms with van der Waals surface area (Å²) in [5, 5.41) is 76.1. The largest absolute Gasteiger partial charge is 0.455 e. The van der Waals surface area contributed by atoms with E-state index in [-0.39, 0.29) is 12.2 Å². The molecule has 9 atom stereocenters. The first-order chi connectivity index (χ1) is 18.0. The maximum atomic E-state index is 13.2. The highest BCUT2D eigenvalue weighted by atomic mass is 32.1. The predicted octanol–water partition coefficient (Wildman–Crippen LogP) is 0.333. The number of cyclic esters (lactones) is 1. The molecule has 2 rings (SSSR count). The van der Waals surface area contributed by atoms with Gasteiger partial charge in [-0.05, 0) is 31.1 Å². The minimum Gasteiger partial charge on any atom is -0.455 e. The highest BCUT2D eigenvalue weighted by Crippen LogP contribution is 2.33. The molecule has 0 bridgehead atoms. The van der Waals surface area contributed by atoms with E-state index in [0.717, 1.165) is 0 Å². The van der Waals surface area contributed by atoms with Crippen molar-refractivity contribution in [2.24, 2.45) is 17.3 Å². The number of aliphatic hydroxyl groups excluding tert-OH is 7. The van der Waals surface area contributed by atoms with Gasteiger partial charge in [-0.2, -0.15) is 0 Å². The average molecular weight is 572 g/mol. The van der Waals surface area contributed by atoms with Crippen molar-refractivity contribution in [1.29, 1.82) is 0 Å². The Balaban J connectivity index is 2.56. The Hall–Kier alpha value is -2.03. The normalized spacial score (nSPS) is 37.2. The summed E-state index contributed by atoms with van der Waals surface area (Å²) in [5.41, 5.74) is -0.653. The van der Waals surface area contributed by atoms with Crippen LogP contribution in [0.25, 0.3) is 6.08 Å². The van der Waals surface area contributed by atoms with Gasteiger partial charge in [-0.25, -0.2) is 4.98 Å². The molecule has 11 nitrogen and oxygen atoms in total. The molecule has 0 aromatic carbocycles. The van der Waals surface area contributed by atoms with Crippen LogP contribution in [0, 0.1) is 17.3 Å². The summed E-state index contributed by atoms with van der Waals surface area (Å²) in [6, 6.07) is 0. The van der Waals surface area contributed by atoms with Crippen molar-refractivity contribution in [1.82, 2.24) is 4.98 Å². The predicted molar refractivity (Wildman–Crippen MR) is 143 cm³/mol. The van der Waals surface area contributed by atoms with Gasteiger partial charge in [0.2, 0.25) is 0 Å². The van der Waals surface area contributed by atoms with Crippen molar-refractivity contribution < 1.29 is 50.1 Å². The molecule has 1 aromatic heterocycles. The van der Waals surface area contributed by atoms with Gasteiger partial charge >= 0.3 is 5.97 Å². The Bertz CT molecular complexity index is 1070. The second kappa shape index (κ2) is 13.6. The summed E-state index contributed by atoms with van der Waals surface area (Å²) in [4.78, 5) is 30.4. The lowest BCUT2D eigenvalue weighted by Crippen LogP contribution is -2.50. The summed E-state index contributed by atoms with van der Waals surface area (Å²) in [7, 11) is 0.